The molecule has 4 nitrogen and oxygen atoms in total. The highest BCUT2D eigenvalue weighted by Gasteiger charge is 2.59. The van der Waals surface area contributed by atoms with Crippen molar-refractivity contribution in [1.29, 1.82) is 0 Å². The summed E-state index contributed by atoms with van der Waals surface area (Å²) >= 11 is 0. The number of benzene rings is 1. The van der Waals surface area contributed by atoms with Crippen molar-refractivity contribution in [3.8, 4) is 0 Å². The number of aliphatic hydroxyl groups is 2. The van der Waals surface area contributed by atoms with E-state index in [0.717, 1.165) is 34.9 Å². The largest absolute Gasteiger partial charge is 0.393 e. The van der Waals surface area contributed by atoms with Gasteiger partial charge >= 0.3 is 0 Å². The molecule has 2 fully saturated rings. The predicted octanol–water partition coefficient (Wildman–Crippen LogP) is 5.15. The average Bonchev–Trinajstić information content (AvgIpc) is 3.08. The second kappa shape index (κ2) is 6.94. The molecule has 2 aromatic rings. The minimum absolute atomic E-state index is 0.0430. The highest BCUT2D eigenvalue weighted by Crippen LogP contribution is 2.63. The number of rotatable bonds is 1. The number of hydrogen-bond acceptors (Lipinski definition) is 4. The van der Waals surface area contributed by atoms with Gasteiger partial charge < -0.3 is 10.2 Å². The molecule has 4 aliphatic rings. The Morgan fingerprint density at radius 3 is 2.91 bits per heavy atom. The summed E-state index contributed by atoms with van der Waals surface area (Å²) in [6, 6.07) is 6.31. The normalized spacial score (nSPS) is 41.2. The van der Waals surface area contributed by atoms with E-state index in [4.69, 9.17) is 0 Å². The van der Waals surface area contributed by atoms with E-state index in [1.807, 2.05) is 12.3 Å². The molecule has 4 aliphatic carbocycles. The fraction of sp³-hybridized carbons (Fsp3) is 0.556. The van der Waals surface area contributed by atoms with Crippen LogP contribution in [0.4, 0.5) is 4.39 Å². The van der Waals surface area contributed by atoms with Crippen LogP contribution in [0.5, 0.6) is 0 Å². The maximum absolute atomic E-state index is 16.1. The maximum atomic E-state index is 16.1. The maximum Gasteiger partial charge on any atom is 0.120 e. The molecule has 0 saturated heterocycles. The van der Waals surface area contributed by atoms with Crippen LogP contribution in [-0.2, 0) is 0 Å². The molecule has 0 spiro atoms. The van der Waals surface area contributed by atoms with Gasteiger partial charge in [0.15, 0.2) is 0 Å². The van der Waals surface area contributed by atoms with Gasteiger partial charge in [-0.15, -0.1) is 0 Å². The Morgan fingerprint density at radius 1 is 1.16 bits per heavy atom. The lowest BCUT2D eigenvalue weighted by Gasteiger charge is -2.49. The van der Waals surface area contributed by atoms with Crippen molar-refractivity contribution in [3.05, 3.63) is 54.0 Å². The van der Waals surface area contributed by atoms with Crippen LogP contribution in [-0.4, -0.2) is 37.6 Å². The average molecular weight is 435 g/mol. The molecule has 2 N–H and O–H groups in total. The molecule has 2 saturated carbocycles. The summed E-state index contributed by atoms with van der Waals surface area (Å²) in [5.41, 5.74) is 1.66. The van der Waals surface area contributed by atoms with Crippen LogP contribution >= 0.6 is 0 Å². The molecule has 0 amide bonds. The van der Waals surface area contributed by atoms with Gasteiger partial charge in [-0.1, -0.05) is 25.1 Å². The predicted molar refractivity (Wildman–Crippen MR) is 122 cm³/mol. The first-order chi connectivity index (χ1) is 15.3. The van der Waals surface area contributed by atoms with Gasteiger partial charge in [0.1, 0.15) is 12.0 Å². The molecule has 0 bridgehead atoms. The standard InChI is InChI=1S/C27H31FN2O2/c1-25-10-8-20-13-26(28)14-21(31)4-3-19(26)9-11-27(20,32)24(25)7-5-22(25)17-2-6-23-18(12-17)15-29-16-30-23/h2,5-6,8,12,15-16,19,21,24,31-32H,3-4,7,9-11,13-14H2,1H3/t19?,21?,24?,25?,26?,27-/m1/s1. The topological polar surface area (TPSA) is 66.2 Å². The number of nitrogens with zero attached hydrogens (tertiary/aromatic N) is 2. The summed E-state index contributed by atoms with van der Waals surface area (Å²) < 4.78 is 16.1. The SMILES string of the molecule is CC12CC=C3CC4(F)CC(O)CCC4CC[C@]3(O)C1CC=C2c1ccc2ncncc2c1. The smallest absolute Gasteiger partial charge is 0.120 e. The van der Waals surface area contributed by atoms with Crippen LogP contribution in [0.1, 0.15) is 63.9 Å². The second-order valence-corrected chi connectivity index (χ2v) is 10.9. The Morgan fingerprint density at radius 2 is 2.03 bits per heavy atom. The Balaban J connectivity index is 1.37. The number of halogens is 1. The van der Waals surface area contributed by atoms with E-state index in [0.29, 0.717) is 25.7 Å². The van der Waals surface area contributed by atoms with Crippen molar-refractivity contribution >= 4 is 16.5 Å². The van der Waals surface area contributed by atoms with Crippen LogP contribution in [0.2, 0.25) is 0 Å². The Labute approximate surface area is 188 Å². The molecule has 1 aromatic carbocycles. The molecular weight excluding hydrogens is 403 g/mol. The molecule has 5 unspecified atom stereocenters. The minimum Gasteiger partial charge on any atom is -0.393 e. The van der Waals surface area contributed by atoms with Crippen LogP contribution < -0.4 is 0 Å². The Kier molecular flexibility index (Phi) is 4.45. The minimum atomic E-state index is -1.39. The van der Waals surface area contributed by atoms with E-state index < -0.39 is 17.4 Å². The molecule has 5 heteroatoms. The molecule has 0 radical (unpaired) electrons. The van der Waals surface area contributed by atoms with E-state index in [1.165, 1.54) is 5.57 Å². The lowest BCUT2D eigenvalue weighted by molar-refractivity contribution is -0.0359. The molecule has 0 aliphatic heterocycles. The van der Waals surface area contributed by atoms with Crippen molar-refractivity contribution in [2.75, 3.05) is 0 Å². The van der Waals surface area contributed by atoms with E-state index in [9.17, 15) is 10.2 Å². The van der Waals surface area contributed by atoms with Gasteiger partial charge in [0.2, 0.25) is 0 Å². The van der Waals surface area contributed by atoms with Gasteiger partial charge in [-0.3, -0.25) is 0 Å². The third kappa shape index (κ3) is 2.87. The zero-order valence-corrected chi connectivity index (χ0v) is 18.6. The van der Waals surface area contributed by atoms with Gasteiger partial charge in [-0.05, 0) is 73.3 Å². The third-order valence-electron chi connectivity index (χ3n) is 9.18. The Bertz CT molecular complexity index is 1150. The Hall–Kier alpha value is -2.11. The number of alkyl halides is 1. The molecule has 168 valence electrons. The van der Waals surface area contributed by atoms with E-state index in [-0.39, 0.29) is 30.1 Å². The molecule has 6 rings (SSSR count). The van der Waals surface area contributed by atoms with Gasteiger partial charge in [-0.2, -0.15) is 0 Å². The number of aromatic nitrogens is 2. The monoisotopic (exact) mass is 434 g/mol. The molecule has 6 atom stereocenters. The van der Waals surface area contributed by atoms with Crippen LogP contribution in [0.25, 0.3) is 16.5 Å². The summed E-state index contributed by atoms with van der Waals surface area (Å²) in [5.74, 6) is -0.0246. The second-order valence-electron chi connectivity index (χ2n) is 10.9. The highest BCUT2D eigenvalue weighted by atomic mass is 19.1. The van der Waals surface area contributed by atoms with Gasteiger partial charge in [0.05, 0.1) is 17.2 Å². The molecule has 1 heterocycles. The first-order valence-electron chi connectivity index (χ1n) is 12.0. The summed E-state index contributed by atoms with van der Waals surface area (Å²) in [6.07, 6.45) is 12.0. The lowest BCUT2D eigenvalue weighted by Crippen LogP contribution is -2.49. The first-order valence-corrected chi connectivity index (χ1v) is 12.0. The van der Waals surface area contributed by atoms with Crippen molar-refractivity contribution < 1.29 is 14.6 Å². The first kappa shape index (κ1) is 20.5. The third-order valence-corrected chi connectivity index (χ3v) is 9.18. The number of hydrogen-bond donors (Lipinski definition) is 2. The van der Waals surface area contributed by atoms with Crippen molar-refractivity contribution in [3.63, 3.8) is 0 Å². The van der Waals surface area contributed by atoms with Crippen molar-refractivity contribution in [2.24, 2.45) is 17.3 Å². The van der Waals surface area contributed by atoms with E-state index in [1.54, 1.807) is 6.33 Å². The zero-order valence-electron chi connectivity index (χ0n) is 18.6. The van der Waals surface area contributed by atoms with E-state index in [2.05, 4.69) is 41.2 Å². The summed E-state index contributed by atoms with van der Waals surface area (Å²) in [6.45, 7) is 2.26. The van der Waals surface area contributed by atoms with Crippen molar-refractivity contribution in [1.82, 2.24) is 9.97 Å². The zero-order chi connectivity index (χ0) is 22.1. The quantitative estimate of drug-likeness (QED) is 0.609. The number of fused-ring (bicyclic) bond motifs is 5. The van der Waals surface area contributed by atoms with Gasteiger partial charge in [0.25, 0.3) is 0 Å². The number of allylic oxidation sites excluding steroid dienone is 3. The molecule has 32 heavy (non-hydrogen) atoms. The van der Waals surface area contributed by atoms with Crippen LogP contribution in [0.15, 0.2) is 48.4 Å². The fourth-order valence-corrected chi connectivity index (χ4v) is 7.43. The fourth-order valence-electron chi connectivity index (χ4n) is 7.43. The molecule has 1 aromatic heterocycles. The molecular formula is C27H31FN2O2. The van der Waals surface area contributed by atoms with Crippen LogP contribution in [0, 0.1) is 17.3 Å². The lowest BCUT2D eigenvalue weighted by atomic mass is 9.58. The van der Waals surface area contributed by atoms with Crippen molar-refractivity contribution in [2.45, 2.75) is 75.7 Å². The summed E-state index contributed by atoms with van der Waals surface area (Å²) in [7, 11) is 0. The summed E-state index contributed by atoms with van der Waals surface area (Å²) in [4.78, 5) is 8.51. The van der Waals surface area contributed by atoms with Crippen LogP contribution in [0.3, 0.4) is 0 Å². The highest BCUT2D eigenvalue weighted by molar-refractivity contribution is 5.84. The summed E-state index contributed by atoms with van der Waals surface area (Å²) in [5, 5.41) is 23.3. The van der Waals surface area contributed by atoms with Gasteiger partial charge in [0, 0.05) is 35.8 Å². The number of aliphatic hydroxyl groups excluding tert-OH is 1. The van der Waals surface area contributed by atoms with E-state index >= 15 is 4.39 Å². The van der Waals surface area contributed by atoms with Gasteiger partial charge in [-0.25, -0.2) is 14.4 Å².